The van der Waals surface area contributed by atoms with Crippen molar-refractivity contribution < 1.29 is 18.1 Å². The molecule has 1 saturated heterocycles. The molecule has 18 heavy (non-hydrogen) atoms. The first-order chi connectivity index (χ1) is 8.23. The van der Waals surface area contributed by atoms with Crippen molar-refractivity contribution in [3.8, 4) is 0 Å². The van der Waals surface area contributed by atoms with Crippen LogP contribution in [0.2, 0.25) is 0 Å². The zero-order chi connectivity index (χ0) is 13.6. The number of nitrogens with zero attached hydrogens (tertiary/aromatic N) is 2. The molecule has 1 aliphatic heterocycles. The first kappa shape index (κ1) is 13.4. The van der Waals surface area contributed by atoms with Crippen molar-refractivity contribution in [3.63, 3.8) is 0 Å². The van der Waals surface area contributed by atoms with E-state index < -0.39 is 30.6 Å². The van der Waals surface area contributed by atoms with E-state index in [1.807, 2.05) is 27.7 Å². The molecule has 0 aliphatic carbocycles. The van der Waals surface area contributed by atoms with E-state index in [1.165, 1.54) is 12.4 Å². The summed E-state index contributed by atoms with van der Waals surface area (Å²) in [6.07, 6.45) is -0.0369. The highest BCUT2D eigenvalue weighted by Crippen LogP contribution is 2.36. The molecule has 0 spiro atoms. The van der Waals surface area contributed by atoms with Crippen LogP contribution in [0, 0.1) is 0 Å². The third-order valence-electron chi connectivity index (χ3n) is 3.41. The molecule has 98 valence electrons. The lowest BCUT2D eigenvalue weighted by atomic mass is 9.81. The van der Waals surface area contributed by atoms with Crippen LogP contribution in [0.25, 0.3) is 0 Å². The number of halogens is 2. The van der Waals surface area contributed by atoms with E-state index in [9.17, 15) is 8.78 Å². The first-order valence-corrected chi connectivity index (χ1v) is 5.68. The summed E-state index contributed by atoms with van der Waals surface area (Å²) in [5.41, 5.74) is -0.406. The van der Waals surface area contributed by atoms with Gasteiger partial charge in [-0.25, -0.2) is 18.7 Å². The molecule has 1 aromatic heterocycles. The Kier molecular flexibility index (Phi) is 3.15. The maximum Gasteiger partial charge on any atom is 0.498 e. The number of aromatic nitrogens is 2. The van der Waals surface area contributed by atoms with Gasteiger partial charge in [-0.2, -0.15) is 0 Å². The lowest BCUT2D eigenvalue weighted by Gasteiger charge is -2.32. The van der Waals surface area contributed by atoms with Gasteiger partial charge in [-0.15, -0.1) is 0 Å². The van der Waals surface area contributed by atoms with Gasteiger partial charge in [-0.05, 0) is 27.7 Å². The molecule has 2 rings (SSSR count). The SMILES string of the molecule is CC1(C)OB(c2cnc(C(F)F)nc2)OC1(C)C. The number of hydrogen-bond donors (Lipinski definition) is 0. The second kappa shape index (κ2) is 4.24. The zero-order valence-corrected chi connectivity index (χ0v) is 10.8. The maximum atomic E-state index is 12.3. The van der Waals surface area contributed by atoms with E-state index in [2.05, 4.69) is 9.97 Å². The lowest BCUT2D eigenvalue weighted by molar-refractivity contribution is 0.00578. The van der Waals surface area contributed by atoms with Crippen LogP contribution in [-0.4, -0.2) is 28.3 Å². The van der Waals surface area contributed by atoms with Gasteiger partial charge in [0.25, 0.3) is 6.43 Å². The van der Waals surface area contributed by atoms with E-state index in [1.54, 1.807) is 0 Å². The molecule has 4 nitrogen and oxygen atoms in total. The van der Waals surface area contributed by atoms with Gasteiger partial charge in [-0.3, -0.25) is 0 Å². The van der Waals surface area contributed by atoms with Crippen LogP contribution >= 0.6 is 0 Å². The Morgan fingerprint density at radius 1 is 1.06 bits per heavy atom. The van der Waals surface area contributed by atoms with Crippen molar-refractivity contribution in [2.24, 2.45) is 0 Å². The summed E-state index contributed by atoms with van der Waals surface area (Å²) < 4.78 is 36.2. The highest BCUT2D eigenvalue weighted by atomic mass is 19.3. The van der Waals surface area contributed by atoms with Crippen molar-refractivity contribution in [1.82, 2.24) is 9.97 Å². The van der Waals surface area contributed by atoms with Gasteiger partial charge in [0.15, 0.2) is 5.82 Å². The van der Waals surface area contributed by atoms with E-state index in [4.69, 9.17) is 9.31 Å². The number of rotatable bonds is 2. The van der Waals surface area contributed by atoms with Gasteiger partial charge < -0.3 is 9.31 Å². The summed E-state index contributed by atoms with van der Waals surface area (Å²) in [4.78, 5) is 7.19. The lowest BCUT2D eigenvalue weighted by Crippen LogP contribution is -2.41. The Bertz CT molecular complexity index is 421. The van der Waals surface area contributed by atoms with Crippen LogP contribution in [0.5, 0.6) is 0 Å². The summed E-state index contributed by atoms with van der Waals surface area (Å²) in [5.74, 6) is -0.490. The molecular weight excluding hydrogens is 241 g/mol. The molecule has 0 radical (unpaired) electrons. The minimum Gasteiger partial charge on any atom is -0.399 e. The molecule has 1 aliphatic rings. The fourth-order valence-electron chi connectivity index (χ4n) is 1.56. The van der Waals surface area contributed by atoms with Crippen molar-refractivity contribution in [2.45, 2.75) is 45.3 Å². The average Bonchev–Trinajstić information content (AvgIpc) is 2.48. The second-order valence-corrected chi connectivity index (χ2v) is 5.26. The summed E-state index contributed by atoms with van der Waals surface area (Å²) in [6.45, 7) is 7.67. The minimum absolute atomic E-state index is 0.473. The molecule has 0 amide bonds. The Morgan fingerprint density at radius 2 is 1.50 bits per heavy atom. The number of hydrogen-bond acceptors (Lipinski definition) is 4. The van der Waals surface area contributed by atoms with Crippen molar-refractivity contribution in [3.05, 3.63) is 18.2 Å². The molecule has 1 aromatic rings. The van der Waals surface area contributed by atoms with Crippen LogP contribution in [-0.2, 0) is 9.31 Å². The maximum absolute atomic E-state index is 12.3. The molecule has 2 heterocycles. The molecule has 0 saturated carbocycles. The van der Waals surface area contributed by atoms with Gasteiger partial charge in [-0.1, -0.05) is 0 Å². The third kappa shape index (κ3) is 2.24. The van der Waals surface area contributed by atoms with Gasteiger partial charge in [0.05, 0.1) is 11.2 Å². The summed E-state index contributed by atoms with van der Waals surface area (Å²) in [5, 5.41) is 0. The summed E-state index contributed by atoms with van der Waals surface area (Å²) in [6, 6.07) is 0. The monoisotopic (exact) mass is 256 g/mol. The predicted octanol–water partition coefficient (Wildman–Crippen LogP) is 1.71. The van der Waals surface area contributed by atoms with Crippen LogP contribution in [0.1, 0.15) is 39.9 Å². The summed E-state index contributed by atoms with van der Waals surface area (Å²) in [7, 11) is -0.623. The second-order valence-electron chi connectivity index (χ2n) is 5.26. The van der Waals surface area contributed by atoms with Gasteiger partial charge in [0.2, 0.25) is 0 Å². The van der Waals surface area contributed by atoms with Crippen LogP contribution in [0.3, 0.4) is 0 Å². The topological polar surface area (TPSA) is 44.2 Å². The highest BCUT2D eigenvalue weighted by Gasteiger charge is 2.51. The average molecular weight is 256 g/mol. The van der Waals surface area contributed by atoms with Crippen LogP contribution in [0.15, 0.2) is 12.4 Å². The van der Waals surface area contributed by atoms with Crippen LogP contribution < -0.4 is 5.46 Å². The molecule has 0 aromatic carbocycles. The first-order valence-electron chi connectivity index (χ1n) is 5.68. The highest BCUT2D eigenvalue weighted by molar-refractivity contribution is 6.61. The van der Waals surface area contributed by atoms with Crippen LogP contribution in [0.4, 0.5) is 8.78 Å². The smallest absolute Gasteiger partial charge is 0.399 e. The molecule has 0 N–H and O–H groups in total. The van der Waals surface area contributed by atoms with E-state index in [0.717, 1.165) is 0 Å². The Labute approximate surface area is 105 Å². The van der Waals surface area contributed by atoms with Crippen molar-refractivity contribution in [1.29, 1.82) is 0 Å². The van der Waals surface area contributed by atoms with Gasteiger partial charge in [0, 0.05) is 17.9 Å². The number of alkyl halides is 2. The minimum atomic E-state index is -2.67. The zero-order valence-electron chi connectivity index (χ0n) is 10.8. The van der Waals surface area contributed by atoms with Crippen molar-refractivity contribution in [2.75, 3.05) is 0 Å². The third-order valence-corrected chi connectivity index (χ3v) is 3.41. The van der Waals surface area contributed by atoms with E-state index >= 15 is 0 Å². The fourth-order valence-corrected chi connectivity index (χ4v) is 1.56. The summed E-state index contributed by atoms with van der Waals surface area (Å²) >= 11 is 0. The molecule has 0 atom stereocenters. The fraction of sp³-hybridized carbons (Fsp3) is 0.636. The van der Waals surface area contributed by atoms with Gasteiger partial charge in [0.1, 0.15) is 0 Å². The van der Waals surface area contributed by atoms with E-state index in [-0.39, 0.29) is 0 Å². The largest absolute Gasteiger partial charge is 0.498 e. The molecule has 7 heteroatoms. The quantitative estimate of drug-likeness (QED) is 0.755. The Balaban J connectivity index is 2.19. The Hall–Kier alpha value is -1.08. The molecule has 0 unspecified atom stereocenters. The molecular formula is C11H15BF2N2O2. The normalized spacial score (nSPS) is 21.6. The molecule has 0 bridgehead atoms. The standard InChI is InChI=1S/C11H15BF2N2O2/c1-10(2)11(3,4)18-12(17-10)7-5-15-9(8(13)14)16-6-7/h5-6,8H,1-4H3. The van der Waals surface area contributed by atoms with E-state index in [0.29, 0.717) is 5.46 Å². The molecule has 1 fully saturated rings. The Morgan fingerprint density at radius 3 is 1.89 bits per heavy atom. The van der Waals surface area contributed by atoms with Crippen molar-refractivity contribution >= 4 is 12.6 Å². The predicted molar refractivity (Wildman–Crippen MR) is 62.7 cm³/mol. The van der Waals surface area contributed by atoms with Gasteiger partial charge >= 0.3 is 7.12 Å².